The fraction of sp³-hybridized carbons (Fsp3) is 0.562. The van der Waals surface area contributed by atoms with Crippen molar-refractivity contribution in [2.45, 2.75) is 38.1 Å². The van der Waals surface area contributed by atoms with Gasteiger partial charge in [0.1, 0.15) is 0 Å². The predicted octanol–water partition coefficient (Wildman–Crippen LogP) is 3.03. The highest BCUT2D eigenvalue weighted by atomic mass is 35.5. The number of thioether (sulfide) groups is 1. The summed E-state index contributed by atoms with van der Waals surface area (Å²) in [6, 6.07) is 6.82. The van der Waals surface area contributed by atoms with E-state index in [4.69, 9.17) is 0 Å². The van der Waals surface area contributed by atoms with Crippen molar-refractivity contribution in [3.63, 3.8) is 0 Å². The number of nitrogens with one attached hydrogen (secondary N) is 1. The van der Waals surface area contributed by atoms with Gasteiger partial charge in [0.2, 0.25) is 5.91 Å². The SMILES string of the molecule is Cc1ccc(SCCC(=O)N2CCNC[C@@H]2C)cc1C.Cl. The first-order chi connectivity index (χ1) is 9.58. The molecule has 2 rings (SSSR count). The fourth-order valence-electron chi connectivity index (χ4n) is 2.42. The molecule has 21 heavy (non-hydrogen) atoms. The van der Waals surface area contributed by atoms with Gasteiger partial charge in [-0.2, -0.15) is 0 Å². The highest BCUT2D eigenvalue weighted by molar-refractivity contribution is 7.99. The van der Waals surface area contributed by atoms with Crippen molar-refractivity contribution in [3.8, 4) is 0 Å². The van der Waals surface area contributed by atoms with Crippen LogP contribution in [0.1, 0.15) is 24.5 Å². The third-order valence-electron chi connectivity index (χ3n) is 3.88. The molecule has 1 fully saturated rings. The Balaban J connectivity index is 0.00000220. The average molecular weight is 329 g/mol. The Labute approximate surface area is 138 Å². The lowest BCUT2D eigenvalue weighted by Crippen LogP contribution is -2.52. The van der Waals surface area contributed by atoms with E-state index in [1.54, 1.807) is 11.8 Å². The average Bonchev–Trinajstić information content (AvgIpc) is 2.43. The van der Waals surface area contributed by atoms with Gasteiger partial charge < -0.3 is 10.2 Å². The predicted molar refractivity (Wildman–Crippen MR) is 92.5 cm³/mol. The van der Waals surface area contributed by atoms with E-state index in [9.17, 15) is 4.79 Å². The van der Waals surface area contributed by atoms with Crippen molar-refractivity contribution in [1.29, 1.82) is 0 Å². The van der Waals surface area contributed by atoms with Crippen LogP contribution < -0.4 is 5.32 Å². The first-order valence-electron chi connectivity index (χ1n) is 7.28. The van der Waals surface area contributed by atoms with Gasteiger partial charge in [-0.15, -0.1) is 24.2 Å². The van der Waals surface area contributed by atoms with Crippen LogP contribution in [0.2, 0.25) is 0 Å². The van der Waals surface area contributed by atoms with E-state index >= 15 is 0 Å². The number of rotatable bonds is 4. The van der Waals surface area contributed by atoms with E-state index < -0.39 is 0 Å². The number of benzene rings is 1. The Morgan fingerprint density at radius 2 is 2.14 bits per heavy atom. The molecule has 0 aromatic heterocycles. The first kappa shape index (κ1) is 18.3. The van der Waals surface area contributed by atoms with Crippen LogP contribution in [-0.4, -0.2) is 42.2 Å². The second-order valence-corrected chi connectivity index (χ2v) is 6.65. The molecule has 1 saturated heterocycles. The lowest BCUT2D eigenvalue weighted by atomic mass is 10.1. The highest BCUT2D eigenvalue weighted by Gasteiger charge is 2.22. The Hall–Kier alpha value is -0.710. The summed E-state index contributed by atoms with van der Waals surface area (Å²) in [5.41, 5.74) is 2.64. The van der Waals surface area contributed by atoms with Crippen molar-refractivity contribution in [1.82, 2.24) is 10.2 Å². The van der Waals surface area contributed by atoms with E-state index in [2.05, 4.69) is 44.3 Å². The maximum Gasteiger partial charge on any atom is 0.223 e. The molecule has 3 nitrogen and oxygen atoms in total. The number of halogens is 1. The molecule has 1 aromatic carbocycles. The zero-order chi connectivity index (χ0) is 14.5. The van der Waals surface area contributed by atoms with Crippen molar-refractivity contribution in [3.05, 3.63) is 29.3 Å². The molecule has 0 bridgehead atoms. The molecule has 1 aliphatic rings. The zero-order valence-corrected chi connectivity index (χ0v) is 14.6. The fourth-order valence-corrected chi connectivity index (χ4v) is 3.35. The van der Waals surface area contributed by atoms with Gasteiger partial charge >= 0.3 is 0 Å². The van der Waals surface area contributed by atoms with E-state index in [0.29, 0.717) is 12.5 Å². The molecule has 1 aromatic rings. The minimum atomic E-state index is 0. The highest BCUT2D eigenvalue weighted by Crippen LogP contribution is 2.22. The summed E-state index contributed by atoms with van der Waals surface area (Å²) in [6.45, 7) is 9.04. The van der Waals surface area contributed by atoms with Crippen LogP contribution in [0.5, 0.6) is 0 Å². The van der Waals surface area contributed by atoms with Crippen molar-refractivity contribution >= 4 is 30.1 Å². The molecule has 1 amide bonds. The number of nitrogens with zero attached hydrogens (tertiary/aromatic N) is 1. The minimum absolute atomic E-state index is 0. The van der Waals surface area contributed by atoms with E-state index in [1.807, 2.05) is 4.90 Å². The van der Waals surface area contributed by atoms with Gasteiger partial charge in [0.05, 0.1) is 0 Å². The Morgan fingerprint density at radius 3 is 2.81 bits per heavy atom. The minimum Gasteiger partial charge on any atom is -0.337 e. The number of amides is 1. The van der Waals surface area contributed by atoms with Gasteiger partial charge in [0.25, 0.3) is 0 Å². The Kier molecular flexibility index (Phi) is 7.57. The molecular weight excluding hydrogens is 304 g/mol. The van der Waals surface area contributed by atoms with E-state index in [0.717, 1.165) is 25.4 Å². The molecule has 1 N–H and O–H groups in total. The van der Waals surface area contributed by atoms with Crippen molar-refractivity contribution in [2.75, 3.05) is 25.4 Å². The normalized spacial score (nSPS) is 18.2. The standard InChI is InChI=1S/C16H24N2OS.ClH/c1-12-4-5-15(10-13(12)2)20-9-6-16(19)18-8-7-17-11-14(18)3;/h4-5,10,14,17H,6-9,11H2,1-3H3;1H/t14-;/m0./s1. The molecular formula is C16H25ClN2OS. The lowest BCUT2D eigenvalue weighted by molar-refractivity contribution is -0.133. The summed E-state index contributed by atoms with van der Waals surface area (Å²) in [5.74, 6) is 1.15. The van der Waals surface area contributed by atoms with Crippen molar-refractivity contribution < 1.29 is 4.79 Å². The van der Waals surface area contributed by atoms with Gasteiger partial charge in [-0.25, -0.2) is 0 Å². The van der Waals surface area contributed by atoms with Crippen LogP contribution in [0, 0.1) is 13.8 Å². The summed E-state index contributed by atoms with van der Waals surface area (Å²) >= 11 is 1.77. The van der Waals surface area contributed by atoms with Crippen LogP contribution in [0.15, 0.2) is 23.1 Å². The number of hydrogen-bond acceptors (Lipinski definition) is 3. The maximum atomic E-state index is 12.2. The smallest absolute Gasteiger partial charge is 0.223 e. The second-order valence-electron chi connectivity index (χ2n) is 5.48. The van der Waals surface area contributed by atoms with Crippen LogP contribution in [-0.2, 0) is 4.79 Å². The van der Waals surface area contributed by atoms with Crippen LogP contribution in [0.4, 0.5) is 0 Å². The number of carbonyl (C=O) groups excluding carboxylic acids is 1. The lowest BCUT2D eigenvalue weighted by Gasteiger charge is -2.34. The topological polar surface area (TPSA) is 32.3 Å². The Morgan fingerprint density at radius 1 is 1.38 bits per heavy atom. The maximum absolute atomic E-state index is 12.2. The summed E-state index contributed by atoms with van der Waals surface area (Å²) in [5, 5.41) is 3.31. The largest absolute Gasteiger partial charge is 0.337 e. The van der Waals surface area contributed by atoms with Gasteiger partial charge in [0, 0.05) is 42.7 Å². The summed E-state index contributed by atoms with van der Waals surface area (Å²) in [6.07, 6.45) is 0.627. The van der Waals surface area contributed by atoms with Gasteiger partial charge in [0.15, 0.2) is 0 Å². The van der Waals surface area contributed by atoms with Crippen LogP contribution in [0.3, 0.4) is 0 Å². The number of hydrogen-bond donors (Lipinski definition) is 1. The molecule has 0 saturated carbocycles. The van der Waals surface area contributed by atoms with Crippen molar-refractivity contribution in [2.24, 2.45) is 0 Å². The zero-order valence-electron chi connectivity index (χ0n) is 13.0. The molecule has 0 aliphatic carbocycles. The molecule has 0 radical (unpaired) electrons. The molecule has 1 aliphatic heterocycles. The molecule has 5 heteroatoms. The van der Waals surface area contributed by atoms with E-state index in [1.165, 1.54) is 16.0 Å². The third-order valence-corrected chi connectivity index (χ3v) is 4.88. The molecule has 1 heterocycles. The van der Waals surface area contributed by atoms with Crippen LogP contribution in [0.25, 0.3) is 0 Å². The monoisotopic (exact) mass is 328 g/mol. The summed E-state index contributed by atoms with van der Waals surface area (Å²) in [4.78, 5) is 15.5. The quantitative estimate of drug-likeness (QED) is 0.862. The van der Waals surface area contributed by atoms with Gasteiger partial charge in [-0.05, 0) is 44.0 Å². The van der Waals surface area contributed by atoms with Crippen LogP contribution >= 0.6 is 24.2 Å². The van der Waals surface area contributed by atoms with Gasteiger partial charge in [-0.1, -0.05) is 6.07 Å². The number of piperazine rings is 1. The second kappa shape index (κ2) is 8.66. The molecule has 1 atom stereocenters. The molecule has 0 spiro atoms. The summed E-state index contributed by atoms with van der Waals surface area (Å²) in [7, 11) is 0. The number of carbonyl (C=O) groups is 1. The molecule has 0 unspecified atom stereocenters. The summed E-state index contributed by atoms with van der Waals surface area (Å²) < 4.78 is 0. The number of aryl methyl sites for hydroxylation is 2. The third kappa shape index (κ3) is 5.20. The van der Waals surface area contributed by atoms with E-state index in [-0.39, 0.29) is 18.3 Å². The molecule has 118 valence electrons. The first-order valence-corrected chi connectivity index (χ1v) is 8.26. The Bertz CT molecular complexity index is 481. The van der Waals surface area contributed by atoms with Gasteiger partial charge in [-0.3, -0.25) is 4.79 Å².